The number of hydrogen-bond acceptors (Lipinski definition) is 5. The van der Waals surface area contributed by atoms with Crippen molar-refractivity contribution in [3.8, 4) is 0 Å². The highest BCUT2D eigenvalue weighted by molar-refractivity contribution is 6.02. The Morgan fingerprint density at radius 1 is 1.17 bits per heavy atom. The molecule has 1 atom stereocenters. The lowest BCUT2D eigenvalue weighted by molar-refractivity contribution is -0.126. The molecule has 2 heterocycles. The molecule has 0 aliphatic carbocycles. The van der Waals surface area contributed by atoms with Gasteiger partial charge in [-0.2, -0.15) is 0 Å². The van der Waals surface area contributed by atoms with Gasteiger partial charge in [0, 0.05) is 17.9 Å². The van der Waals surface area contributed by atoms with Crippen molar-refractivity contribution >= 4 is 23.5 Å². The van der Waals surface area contributed by atoms with Gasteiger partial charge in [-0.25, -0.2) is 9.59 Å². The van der Waals surface area contributed by atoms with Crippen molar-refractivity contribution in [2.45, 2.75) is 46.6 Å². The molecule has 1 aliphatic rings. The molecular formula is C22H26N2O5. The van der Waals surface area contributed by atoms with Crippen LogP contribution in [0.3, 0.4) is 0 Å². The number of amides is 1. The predicted molar refractivity (Wildman–Crippen MR) is 108 cm³/mol. The molecule has 1 amide bonds. The molecule has 0 bridgehead atoms. The van der Waals surface area contributed by atoms with Crippen LogP contribution in [0.1, 0.15) is 57.9 Å². The molecule has 1 aliphatic heterocycles. The molecule has 1 N–H and O–H groups in total. The summed E-state index contributed by atoms with van der Waals surface area (Å²) in [5, 5.41) is 0. The summed E-state index contributed by atoms with van der Waals surface area (Å²) in [6.45, 7) is 7.44. The van der Waals surface area contributed by atoms with Gasteiger partial charge < -0.3 is 19.4 Å². The lowest BCUT2D eigenvalue weighted by Crippen LogP contribution is -2.42. The number of nitrogens with zero attached hydrogens (tertiary/aromatic N) is 1. The van der Waals surface area contributed by atoms with Gasteiger partial charge in [-0.15, -0.1) is 0 Å². The highest BCUT2D eigenvalue weighted by Crippen LogP contribution is 2.28. The summed E-state index contributed by atoms with van der Waals surface area (Å²) in [6.07, 6.45) is 0.836. The van der Waals surface area contributed by atoms with Gasteiger partial charge in [-0.05, 0) is 57.7 Å². The number of H-pyrrole nitrogens is 1. The van der Waals surface area contributed by atoms with Gasteiger partial charge in [-0.3, -0.25) is 4.79 Å². The topological polar surface area (TPSA) is 88.7 Å². The summed E-state index contributed by atoms with van der Waals surface area (Å²) in [5.41, 5.74) is 3.41. The van der Waals surface area contributed by atoms with Crippen molar-refractivity contribution in [3.63, 3.8) is 0 Å². The number of anilines is 1. The number of benzene rings is 1. The Bertz CT molecular complexity index is 947. The van der Waals surface area contributed by atoms with E-state index in [0.29, 0.717) is 17.8 Å². The molecule has 2 aromatic rings. The second kappa shape index (κ2) is 8.51. The molecule has 154 valence electrons. The summed E-state index contributed by atoms with van der Waals surface area (Å²) in [4.78, 5) is 42.3. The summed E-state index contributed by atoms with van der Waals surface area (Å²) in [7, 11) is 0. The number of aromatic amines is 1. The molecule has 1 aromatic carbocycles. The van der Waals surface area contributed by atoms with Gasteiger partial charge in [0.15, 0.2) is 6.10 Å². The van der Waals surface area contributed by atoms with Crippen LogP contribution in [0.4, 0.5) is 5.69 Å². The Hall–Kier alpha value is -3.09. The highest BCUT2D eigenvalue weighted by Gasteiger charge is 2.30. The Kier molecular flexibility index (Phi) is 6.06. The molecule has 7 nitrogen and oxygen atoms in total. The fraction of sp³-hybridized carbons (Fsp3) is 0.409. The van der Waals surface area contributed by atoms with E-state index in [0.717, 1.165) is 24.1 Å². The number of para-hydroxylation sites is 1. The zero-order valence-electron chi connectivity index (χ0n) is 17.2. The van der Waals surface area contributed by atoms with E-state index in [-0.39, 0.29) is 23.8 Å². The molecule has 0 fully saturated rings. The average molecular weight is 398 g/mol. The Balaban J connectivity index is 1.76. The maximum absolute atomic E-state index is 13.0. The van der Waals surface area contributed by atoms with Crippen LogP contribution in [0.15, 0.2) is 24.3 Å². The van der Waals surface area contributed by atoms with Gasteiger partial charge in [0.05, 0.1) is 12.2 Å². The molecule has 0 unspecified atom stereocenters. The fourth-order valence-electron chi connectivity index (χ4n) is 3.72. The van der Waals surface area contributed by atoms with Crippen molar-refractivity contribution in [2.24, 2.45) is 0 Å². The molecule has 29 heavy (non-hydrogen) atoms. The molecule has 0 saturated heterocycles. The van der Waals surface area contributed by atoms with Gasteiger partial charge in [0.1, 0.15) is 5.69 Å². The van der Waals surface area contributed by atoms with Crippen LogP contribution in [-0.2, 0) is 20.7 Å². The van der Waals surface area contributed by atoms with Gasteiger partial charge >= 0.3 is 11.9 Å². The lowest BCUT2D eigenvalue weighted by atomic mass is 10.0. The van der Waals surface area contributed by atoms with Gasteiger partial charge in [0.2, 0.25) is 0 Å². The molecule has 1 aromatic heterocycles. The molecule has 7 heteroatoms. The number of carbonyl (C=O) groups excluding carboxylic acids is 3. The first kappa shape index (κ1) is 20.6. The number of rotatable bonds is 5. The first-order chi connectivity index (χ1) is 13.8. The SMILES string of the molecule is CCOC(=O)c1[nH]c(C)c(C(=O)O[C@@H](C)C(=O)N2CCCc3ccccc32)c1C. The van der Waals surface area contributed by atoms with Crippen LogP contribution < -0.4 is 4.90 Å². The minimum atomic E-state index is -0.951. The number of fused-ring (bicyclic) bond motifs is 1. The fourth-order valence-corrected chi connectivity index (χ4v) is 3.72. The largest absolute Gasteiger partial charge is 0.461 e. The average Bonchev–Trinajstić information content (AvgIpc) is 3.01. The summed E-state index contributed by atoms with van der Waals surface area (Å²) in [5.74, 6) is -1.43. The van der Waals surface area contributed by atoms with E-state index in [4.69, 9.17) is 9.47 Å². The normalized spacial score (nSPS) is 14.1. The third-order valence-electron chi connectivity index (χ3n) is 5.13. The number of ether oxygens (including phenoxy) is 2. The van der Waals surface area contributed by atoms with E-state index in [1.165, 1.54) is 0 Å². The number of hydrogen-bond donors (Lipinski definition) is 1. The van der Waals surface area contributed by atoms with Crippen LogP contribution in [-0.4, -0.2) is 42.1 Å². The smallest absolute Gasteiger partial charge is 0.355 e. The van der Waals surface area contributed by atoms with Gasteiger partial charge in [0.25, 0.3) is 5.91 Å². The Morgan fingerprint density at radius 2 is 1.90 bits per heavy atom. The predicted octanol–water partition coefficient (Wildman–Crippen LogP) is 3.33. The van der Waals surface area contributed by atoms with E-state index >= 15 is 0 Å². The number of aryl methyl sites for hydroxylation is 2. The lowest BCUT2D eigenvalue weighted by Gasteiger charge is -2.31. The zero-order valence-corrected chi connectivity index (χ0v) is 17.2. The first-order valence-electron chi connectivity index (χ1n) is 9.81. The molecule has 0 saturated carbocycles. The van der Waals surface area contributed by atoms with Crippen molar-refractivity contribution in [2.75, 3.05) is 18.1 Å². The van der Waals surface area contributed by atoms with Gasteiger partial charge in [-0.1, -0.05) is 18.2 Å². The van der Waals surface area contributed by atoms with E-state index in [1.54, 1.807) is 32.6 Å². The van der Waals surface area contributed by atoms with E-state index < -0.39 is 18.0 Å². The third-order valence-corrected chi connectivity index (χ3v) is 5.13. The number of nitrogens with one attached hydrogen (secondary N) is 1. The van der Waals surface area contributed by atoms with Crippen molar-refractivity contribution in [1.82, 2.24) is 4.98 Å². The minimum Gasteiger partial charge on any atom is -0.461 e. The van der Waals surface area contributed by atoms with Crippen LogP contribution in [0, 0.1) is 13.8 Å². The maximum Gasteiger partial charge on any atom is 0.355 e. The second-order valence-electron chi connectivity index (χ2n) is 7.12. The third kappa shape index (κ3) is 4.04. The van der Waals surface area contributed by atoms with Crippen LogP contribution in [0.2, 0.25) is 0 Å². The summed E-state index contributed by atoms with van der Waals surface area (Å²) in [6, 6.07) is 7.77. The minimum absolute atomic E-state index is 0.222. The quantitative estimate of drug-likeness (QED) is 0.781. The number of esters is 2. The highest BCUT2D eigenvalue weighted by atomic mass is 16.5. The van der Waals surface area contributed by atoms with E-state index in [2.05, 4.69) is 4.98 Å². The zero-order chi connectivity index (χ0) is 21.1. The maximum atomic E-state index is 13.0. The second-order valence-corrected chi connectivity index (χ2v) is 7.12. The standard InChI is InChI=1S/C22H26N2O5/c1-5-28-22(27)19-13(2)18(14(3)23-19)21(26)29-15(4)20(25)24-12-8-10-16-9-6-7-11-17(16)24/h6-7,9,11,15,23H,5,8,10,12H2,1-4H3/t15-/m0/s1. The van der Waals surface area contributed by atoms with E-state index in [1.807, 2.05) is 24.3 Å². The van der Waals surface area contributed by atoms with Crippen LogP contribution in [0.5, 0.6) is 0 Å². The van der Waals surface area contributed by atoms with Crippen molar-refractivity contribution < 1.29 is 23.9 Å². The molecule has 0 spiro atoms. The molecule has 0 radical (unpaired) electrons. The monoisotopic (exact) mass is 398 g/mol. The molecular weight excluding hydrogens is 372 g/mol. The Labute approximate surface area is 170 Å². The summed E-state index contributed by atoms with van der Waals surface area (Å²) < 4.78 is 10.5. The van der Waals surface area contributed by atoms with Crippen molar-refractivity contribution in [3.05, 3.63) is 52.3 Å². The molecule has 3 rings (SSSR count). The van der Waals surface area contributed by atoms with Crippen molar-refractivity contribution in [1.29, 1.82) is 0 Å². The van der Waals surface area contributed by atoms with E-state index in [9.17, 15) is 14.4 Å². The first-order valence-corrected chi connectivity index (χ1v) is 9.81. The van der Waals surface area contributed by atoms with Crippen LogP contribution in [0.25, 0.3) is 0 Å². The summed E-state index contributed by atoms with van der Waals surface area (Å²) >= 11 is 0. The van der Waals surface area contributed by atoms with Crippen LogP contribution >= 0.6 is 0 Å². The Morgan fingerprint density at radius 3 is 2.62 bits per heavy atom. The number of aromatic nitrogens is 1. The number of carbonyl (C=O) groups is 3.